The van der Waals surface area contributed by atoms with Crippen molar-refractivity contribution in [1.29, 1.82) is 0 Å². The Balaban J connectivity index is 0.000000368. The molecule has 6 aliphatic carbocycles. The first-order chi connectivity index (χ1) is 33.7. The van der Waals surface area contributed by atoms with Crippen LogP contribution in [-0.4, -0.2) is 122 Å². The number of fused-ring (bicyclic) bond motifs is 6. The molecule has 0 radical (unpaired) electrons. The van der Waals surface area contributed by atoms with Crippen molar-refractivity contribution >= 4 is 88.0 Å². The second-order valence-corrected chi connectivity index (χ2v) is 37.6. The number of hydrogen-bond acceptors (Lipinski definition) is 7. The molecule has 5 saturated carbocycles. The largest absolute Gasteiger partial charge is 0.504 e. The van der Waals surface area contributed by atoms with E-state index in [0.717, 1.165) is 0 Å². The Bertz CT molecular complexity index is 1730. The maximum atomic E-state index is 13.2. The molecule has 6 aliphatic rings. The normalized spacial score (nSPS) is 29.1. The molecule has 0 aromatic rings. The molecule has 4 N–H and O–H groups in total. The van der Waals surface area contributed by atoms with Gasteiger partial charge in [-0.25, -0.2) is 0 Å². The van der Waals surface area contributed by atoms with E-state index in [1.54, 1.807) is 33.8 Å². The molecule has 0 aromatic heterocycles. The number of halogens is 24. The van der Waals surface area contributed by atoms with Crippen molar-refractivity contribution in [1.82, 2.24) is 0 Å². The molecule has 0 saturated heterocycles. The summed E-state index contributed by atoms with van der Waals surface area (Å²) in [6, 6.07) is -3.21. The molecule has 0 heterocycles. The second kappa shape index (κ2) is 26.9. The quantitative estimate of drug-likeness (QED) is 0.0594. The van der Waals surface area contributed by atoms with Gasteiger partial charge in [0.1, 0.15) is 0 Å². The van der Waals surface area contributed by atoms with Crippen molar-refractivity contribution in [3.05, 3.63) is 12.2 Å². The minimum Gasteiger partial charge on any atom is -0.397 e. The smallest absolute Gasteiger partial charge is 0.397 e. The van der Waals surface area contributed by atoms with E-state index >= 15 is 0 Å². The van der Waals surface area contributed by atoms with Crippen LogP contribution in [0, 0.1) is 53.3 Å². The fraction of sp³-hybridized carbons (Fsp3) is 0.951. The highest BCUT2D eigenvalue weighted by Crippen LogP contribution is 2.65. The van der Waals surface area contributed by atoms with Crippen LogP contribution in [-0.2, 0) is 13.3 Å². The van der Waals surface area contributed by atoms with E-state index in [2.05, 4.69) is 0 Å². The lowest BCUT2D eigenvalue weighted by molar-refractivity contribution is -0.373. The molecule has 6 bridgehead atoms. The summed E-state index contributed by atoms with van der Waals surface area (Å²) < 4.78 is 248. The van der Waals surface area contributed by atoms with Crippen LogP contribution in [0.3, 0.4) is 0 Å². The summed E-state index contributed by atoms with van der Waals surface area (Å²) in [7, 11) is -3.27. The van der Waals surface area contributed by atoms with Gasteiger partial charge in [-0.3, -0.25) is 0 Å². The van der Waals surface area contributed by atoms with Gasteiger partial charge in [0.05, 0.1) is 0 Å². The van der Waals surface area contributed by atoms with Crippen molar-refractivity contribution in [2.45, 2.75) is 163 Å². The van der Waals surface area contributed by atoms with E-state index in [4.69, 9.17) is 90.0 Å². The summed E-state index contributed by atoms with van der Waals surface area (Å²) in [5.74, 6) is -3.85. The molecule has 6 rings (SSSR count). The summed E-state index contributed by atoms with van der Waals surface area (Å²) in [5, 5.41) is 35.6. The van der Waals surface area contributed by atoms with Gasteiger partial charge in [-0.2, -0.15) is 79.0 Å². The lowest BCUT2D eigenvalue weighted by Gasteiger charge is -2.42. The highest BCUT2D eigenvalue weighted by atomic mass is 35.8. The molecule has 5 fully saturated rings. The standard InChI is InChI=1S/C17H28F6O4Si.C11H13Cl3F6OSi.C11H12F6O.C2H6O.Cl3HSi/c1-4-25-28(26-5-2,27-6-3)14-9-11-7-12(13(14)8-11)10-15(24,16(18,19)20)17(21,22)23;12-22(13,14)8-3-5-1-6(7(8)2-5)4-9(21,10(15,16)17)11(18,19)20;12-10(13,14)9(18,11(15,16)17)5-8-4-6-1-2-7(8)3-6;1-2-3;1-4(2)3/h11-14,24H,4-10H2,1-3H3;5-8,21H,1-4H2;1-2,6-8,18H,3-5H2;3H,2H2,1H3;4H. The molecule has 7 nitrogen and oxygen atoms in total. The molecule has 0 aromatic carbocycles. The van der Waals surface area contributed by atoms with Gasteiger partial charge in [-0.05, 0) is 157 Å². The van der Waals surface area contributed by atoms with E-state index in [1.165, 1.54) is 0 Å². The number of hydrogen-bond donors (Lipinski definition) is 4. The Labute approximate surface area is 453 Å². The molecule has 0 spiro atoms. The van der Waals surface area contributed by atoms with Gasteiger partial charge >= 0.3 is 58.6 Å². The van der Waals surface area contributed by atoms with Crippen LogP contribution in [0.2, 0.25) is 11.1 Å². The van der Waals surface area contributed by atoms with Crippen molar-refractivity contribution in [3.8, 4) is 0 Å². The number of alkyl halides is 18. The SMILES string of the molecule is CCO.CCO[Si](OCC)(OCC)C1CC2CC(CC(O)(C(F)(F)F)C(F)(F)F)C1C2.Cl[SiH](Cl)Cl.OC(CC1CC2C=CC1C2)(C(F)(F)F)C(F)(F)F.OC(CC1CC2CC1C([Si](Cl)(Cl)Cl)C2)(C(F)(F)F)C(F)(F)F. The fourth-order valence-electron chi connectivity index (χ4n) is 11.7. The molecule has 0 amide bonds. The van der Waals surface area contributed by atoms with Crippen LogP contribution in [0.4, 0.5) is 79.0 Å². The predicted octanol–water partition coefficient (Wildman–Crippen LogP) is 14.9. The molecular formula is C41H60Cl6F18O7Si3. The molecular weight excluding hydrogens is 1240 g/mol. The van der Waals surface area contributed by atoms with E-state index < -0.39 is 130 Å². The average molecular weight is 1300 g/mol. The van der Waals surface area contributed by atoms with Gasteiger partial charge < -0.3 is 33.7 Å². The first kappa shape index (κ1) is 71.7. The lowest BCUT2D eigenvalue weighted by Crippen LogP contribution is -2.59. The zero-order chi connectivity index (χ0) is 58.6. The van der Waals surface area contributed by atoms with Crippen LogP contribution in [0.1, 0.15) is 98.3 Å². The van der Waals surface area contributed by atoms with Crippen LogP contribution in [0.15, 0.2) is 12.2 Å². The van der Waals surface area contributed by atoms with E-state index in [0.29, 0.717) is 32.1 Å². The van der Waals surface area contributed by atoms with Crippen molar-refractivity contribution in [2.75, 3.05) is 26.4 Å². The molecule has 75 heavy (non-hydrogen) atoms. The molecule has 0 aliphatic heterocycles. The van der Waals surface area contributed by atoms with Gasteiger partial charge in [-0.1, -0.05) is 12.2 Å². The Morgan fingerprint density at radius 2 is 0.760 bits per heavy atom. The first-order valence-electron chi connectivity index (χ1n) is 23.5. The summed E-state index contributed by atoms with van der Waals surface area (Å²) in [5.41, 5.74) is -14.8. The van der Waals surface area contributed by atoms with Gasteiger partial charge in [-0.15, -0.1) is 66.5 Å². The third-order valence-corrected chi connectivity index (χ3v) is 22.4. The van der Waals surface area contributed by atoms with Gasteiger partial charge in [0.15, 0.2) is 0 Å². The Morgan fingerprint density at radius 3 is 1.00 bits per heavy atom. The van der Waals surface area contributed by atoms with Crippen LogP contribution in [0.5, 0.6) is 0 Å². The zero-order valence-corrected chi connectivity index (χ0v) is 48.0. The average Bonchev–Trinajstić information content (AvgIpc) is 4.09. The minimum absolute atomic E-state index is 0.0149. The molecule has 11 atom stereocenters. The fourth-order valence-corrected chi connectivity index (χ4v) is 19.1. The third kappa shape index (κ3) is 17.3. The number of aliphatic hydroxyl groups is 4. The predicted molar refractivity (Wildman–Crippen MR) is 251 cm³/mol. The third-order valence-electron chi connectivity index (χ3n) is 14.7. The highest BCUT2D eigenvalue weighted by Gasteiger charge is 2.74. The number of allylic oxidation sites excluding steroid dienone is 2. The van der Waals surface area contributed by atoms with Gasteiger partial charge in [0, 0.05) is 32.0 Å². The van der Waals surface area contributed by atoms with Gasteiger partial charge in [0.2, 0.25) is 0 Å². The minimum atomic E-state index is -5.79. The highest BCUT2D eigenvalue weighted by molar-refractivity contribution is 7.65. The number of aliphatic hydroxyl groups excluding tert-OH is 1. The Kier molecular flexibility index (Phi) is 25.7. The molecule has 11 unspecified atom stereocenters. The Morgan fingerprint density at radius 1 is 0.467 bits per heavy atom. The Hall–Kier alpha value is 0.591. The van der Waals surface area contributed by atoms with E-state index in [1.807, 2.05) is 6.08 Å². The monoisotopic (exact) mass is 1300 g/mol. The van der Waals surface area contributed by atoms with Gasteiger partial charge in [0.25, 0.3) is 16.8 Å². The summed E-state index contributed by atoms with van der Waals surface area (Å²) >= 11 is 32.6. The zero-order valence-electron chi connectivity index (χ0n) is 40.3. The van der Waals surface area contributed by atoms with Crippen molar-refractivity contribution < 1.29 is 113 Å². The van der Waals surface area contributed by atoms with E-state index in [9.17, 15) is 89.2 Å². The second-order valence-electron chi connectivity index (χ2n) is 19.4. The maximum Gasteiger partial charge on any atom is 0.504 e. The summed E-state index contributed by atoms with van der Waals surface area (Å²) in [6.07, 6.45) is -31.8. The topological polar surface area (TPSA) is 109 Å². The maximum absolute atomic E-state index is 13.2. The van der Waals surface area contributed by atoms with E-state index in [-0.39, 0.29) is 74.9 Å². The first-order valence-corrected chi connectivity index (χ1v) is 35.6. The van der Waals surface area contributed by atoms with Crippen LogP contribution < -0.4 is 0 Å². The summed E-state index contributed by atoms with van der Waals surface area (Å²) in [4.78, 5) is 0. The van der Waals surface area contributed by atoms with Crippen molar-refractivity contribution in [3.63, 3.8) is 0 Å². The molecule has 34 heteroatoms. The lowest BCUT2D eigenvalue weighted by atomic mass is 9.79. The molecule has 446 valence electrons. The van der Waals surface area contributed by atoms with Crippen molar-refractivity contribution in [2.24, 2.45) is 53.3 Å². The van der Waals surface area contributed by atoms with Crippen LogP contribution in [0.25, 0.3) is 0 Å². The number of rotatable bonds is 14. The summed E-state index contributed by atoms with van der Waals surface area (Å²) in [6.45, 7) is 6.28. The van der Waals surface area contributed by atoms with Crippen LogP contribution >= 0.6 is 66.5 Å².